The lowest BCUT2D eigenvalue weighted by Gasteiger charge is -2.24. The molecule has 0 saturated heterocycles. The van der Waals surface area contributed by atoms with Gasteiger partial charge in [0, 0.05) is 17.1 Å². The van der Waals surface area contributed by atoms with E-state index in [0.29, 0.717) is 4.88 Å². The Bertz CT molecular complexity index is 470. The third kappa shape index (κ3) is 2.92. The molecule has 1 aromatic heterocycles. The molecular weight excluding hydrogens is 318 g/mol. The Hall–Kier alpha value is -0.880. The third-order valence-electron chi connectivity index (χ3n) is 2.95. The van der Waals surface area contributed by atoms with E-state index in [9.17, 15) is 9.59 Å². The van der Waals surface area contributed by atoms with Crippen LogP contribution in [0.3, 0.4) is 0 Å². The summed E-state index contributed by atoms with van der Waals surface area (Å²) < 4.78 is 0.783. The molecule has 1 atom stereocenters. The summed E-state index contributed by atoms with van der Waals surface area (Å²) in [4.78, 5) is 25.6. The van der Waals surface area contributed by atoms with Gasteiger partial charge < -0.3 is 10.0 Å². The van der Waals surface area contributed by atoms with Crippen molar-refractivity contribution in [1.29, 1.82) is 0 Å². The van der Waals surface area contributed by atoms with Crippen molar-refractivity contribution in [3.05, 3.63) is 20.8 Å². The summed E-state index contributed by atoms with van der Waals surface area (Å²) in [6.45, 7) is 1.91. The highest BCUT2D eigenvalue weighted by Crippen LogP contribution is 2.32. The fraction of sp³-hybridized carbons (Fsp3) is 0.500. The number of thiophene rings is 1. The molecule has 1 fully saturated rings. The summed E-state index contributed by atoms with van der Waals surface area (Å²) in [5, 5.41) is 10.8. The van der Waals surface area contributed by atoms with Gasteiger partial charge in [0.1, 0.15) is 4.88 Å². The maximum Gasteiger partial charge on any atom is 0.308 e. The SMILES string of the molecule is C[C@H](CN(C(=O)c1sccc1Br)C1CC1)C(=O)O. The second-order valence-electron chi connectivity index (χ2n) is 4.53. The van der Waals surface area contributed by atoms with Gasteiger partial charge in [0.05, 0.1) is 5.92 Å². The first kappa shape index (κ1) is 13.5. The van der Waals surface area contributed by atoms with Crippen molar-refractivity contribution in [3.63, 3.8) is 0 Å². The monoisotopic (exact) mass is 331 g/mol. The largest absolute Gasteiger partial charge is 0.481 e. The first-order chi connectivity index (χ1) is 8.50. The zero-order chi connectivity index (χ0) is 13.3. The molecule has 1 aliphatic rings. The fourth-order valence-electron chi connectivity index (χ4n) is 1.73. The molecule has 1 aromatic rings. The van der Waals surface area contributed by atoms with E-state index >= 15 is 0 Å². The van der Waals surface area contributed by atoms with Crippen LogP contribution in [0.25, 0.3) is 0 Å². The quantitative estimate of drug-likeness (QED) is 0.902. The molecule has 0 aromatic carbocycles. The number of nitrogens with zero attached hydrogens (tertiary/aromatic N) is 1. The lowest BCUT2D eigenvalue weighted by Crippen LogP contribution is -2.38. The maximum absolute atomic E-state index is 12.4. The molecule has 1 heterocycles. The first-order valence-corrected chi connectivity index (χ1v) is 7.44. The van der Waals surface area contributed by atoms with E-state index < -0.39 is 11.9 Å². The molecule has 1 aliphatic carbocycles. The normalized spacial score (nSPS) is 16.3. The van der Waals surface area contributed by atoms with Crippen molar-refractivity contribution in [2.24, 2.45) is 5.92 Å². The maximum atomic E-state index is 12.4. The molecule has 6 heteroatoms. The lowest BCUT2D eigenvalue weighted by atomic mass is 10.1. The summed E-state index contributed by atoms with van der Waals surface area (Å²) in [7, 11) is 0. The number of carbonyl (C=O) groups is 2. The van der Waals surface area contributed by atoms with Crippen molar-refractivity contribution in [3.8, 4) is 0 Å². The minimum absolute atomic E-state index is 0.0625. The fourth-order valence-corrected chi connectivity index (χ4v) is 3.23. The smallest absolute Gasteiger partial charge is 0.308 e. The highest BCUT2D eigenvalue weighted by molar-refractivity contribution is 9.10. The van der Waals surface area contributed by atoms with Crippen molar-refractivity contribution in [1.82, 2.24) is 4.90 Å². The first-order valence-electron chi connectivity index (χ1n) is 5.77. The zero-order valence-corrected chi connectivity index (χ0v) is 12.3. The van der Waals surface area contributed by atoms with Crippen LogP contribution in [0, 0.1) is 5.92 Å². The zero-order valence-electron chi connectivity index (χ0n) is 9.93. The van der Waals surface area contributed by atoms with Crippen LogP contribution in [0.2, 0.25) is 0 Å². The molecule has 0 unspecified atom stereocenters. The van der Waals surface area contributed by atoms with Crippen LogP contribution in [0.15, 0.2) is 15.9 Å². The Balaban J connectivity index is 2.13. The Morgan fingerprint density at radius 3 is 2.72 bits per heavy atom. The molecular formula is C12H14BrNO3S. The van der Waals surface area contributed by atoms with Gasteiger partial charge in [0.2, 0.25) is 0 Å². The summed E-state index contributed by atoms with van der Waals surface area (Å²) in [5.74, 6) is -1.46. The van der Waals surface area contributed by atoms with Crippen LogP contribution < -0.4 is 0 Å². The van der Waals surface area contributed by atoms with Crippen molar-refractivity contribution >= 4 is 39.1 Å². The van der Waals surface area contributed by atoms with Gasteiger partial charge in [-0.25, -0.2) is 0 Å². The summed E-state index contributed by atoms with van der Waals surface area (Å²) in [6.07, 6.45) is 1.95. The number of hydrogen-bond acceptors (Lipinski definition) is 3. The molecule has 1 saturated carbocycles. The number of halogens is 1. The van der Waals surface area contributed by atoms with Crippen LogP contribution >= 0.6 is 27.3 Å². The number of carbonyl (C=O) groups excluding carboxylic acids is 1. The molecule has 0 spiro atoms. The number of carboxylic acid groups (broad SMARTS) is 1. The number of rotatable bonds is 5. The van der Waals surface area contributed by atoms with Crippen molar-refractivity contribution < 1.29 is 14.7 Å². The molecule has 0 aliphatic heterocycles. The highest BCUT2D eigenvalue weighted by atomic mass is 79.9. The van der Waals surface area contributed by atoms with E-state index in [-0.39, 0.29) is 18.5 Å². The molecule has 0 radical (unpaired) electrons. The highest BCUT2D eigenvalue weighted by Gasteiger charge is 2.35. The van der Waals surface area contributed by atoms with Gasteiger partial charge in [-0.2, -0.15) is 0 Å². The van der Waals surface area contributed by atoms with Crippen LogP contribution in [-0.2, 0) is 4.79 Å². The third-order valence-corrected chi connectivity index (χ3v) is 4.78. The average molecular weight is 332 g/mol. The minimum Gasteiger partial charge on any atom is -0.481 e. The molecule has 4 nitrogen and oxygen atoms in total. The minimum atomic E-state index is -0.862. The van der Waals surface area contributed by atoms with E-state index in [0.717, 1.165) is 17.3 Å². The van der Waals surface area contributed by atoms with E-state index in [1.807, 2.05) is 11.4 Å². The second kappa shape index (κ2) is 5.40. The summed E-state index contributed by atoms with van der Waals surface area (Å²) in [5.41, 5.74) is 0. The molecule has 0 bridgehead atoms. The molecule has 1 N–H and O–H groups in total. The number of amides is 1. The molecule has 18 heavy (non-hydrogen) atoms. The van der Waals surface area contributed by atoms with Crippen molar-refractivity contribution in [2.75, 3.05) is 6.54 Å². The second-order valence-corrected chi connectivity index (χ2v) is 6.30. The van der Waals surface area contributed by atoms with Gasteiger partial charge in [-0.15, -0.1) is 11.3 Å². The Morgan fingerprint density at radius 1 is 1.61 bits per heavy atom. The van der Waals surface area contributed by atoms with Gasteiger partial charge >= 0.3 is 5.97 Å². The van der Waals surface area contributed by atoms with Crippen LogP contribution in [0.1, 0.15) is 29.4 Å². The van der Waals surface area contributed by atoms with Gasteiger partial charge in [-0.05, 0) is 40.2 Å². The van der Waals surface area contributed by atoms with Crippen LogP contribution in [0.5, 0.6) is 0 Å². The predicted octanol–water partition coefficient (Wildman–Crippen LogP) is 2.84. The van der Waals surface area contributed by atoms with Gasteiger partial charge in [-0.3, -0.25) is 9.59 Å². The topological polar surface area (TPSA) is 57.6 Å². The van der Waals surface area contributed by atoms with Crippen molar-refractivity contribution in [2.45, 2.75) is 25.8 Å². The van der Waals surface area contributed by atoms with E-state index in [4.69, 9.17) is 5.11 Å². The number of carboxylic acids is 1. The van der Waals surface area contributed by atoms with Gasteiger partial charge in [0.15, 0.2) is 0 Å². The predicted molar refractivity (Wildman–Crippen MR) is 72.9 cm³/mol. The summed E-state index contributed by atoms with van der Waals surface area (Å²) in [6, 6.07) is 2.05. The van der Waals surface area contributed by atoms with E-state index in [1.165, 1.54) is 11.3 Å². The van der Waals surface area contributed by atoms with E-state index in [1.54, 1.807) is 11.8 Å². The number of aliphatic carboxylic acids is 1. The standard InChI is InChI=1S/C12H14BrNO3S/c1-7(12(16)17)6-14(8-2-3-8)11(15)10-9(13)4-5-18-10/h4-5,7-8H,2-3,6H2,1H3,(H,16,17)/t7-/m1/s1. The Morgan fingerprint density at radius 2 is 2.28 bits per heavy atom. The molecule has 1 amide bonds. The Labute approximate surface area is 118 Å². The van der Waals surface area contributed by atoms with Crippen LogP contribution in [-0.4, -0.2) is 34.5 Å². The molecule has 2 rings (SSSR count). The van der Waals surface area contributed by atoms with Gasteiger partial charge in [0.25, 0.3) is 5.91 Å². The van der Waals surface area contributed by atoms with Crippen LogP contribution in [0.4, 0.5) is 0 Å². The summed E-state index contributed by atoms with van der Waals surface area (Å²) >= 11 is 4.73. The Kier molecular flexibility index (Phi) is 4.07. The average Bonchev–Trinajstić information content (AvgIpc) is 3.07. The van der Waals surface area contributed by atoms with E-state index in [2.05, 4.69) is 15.9 Å². The molecule has 98 valence electrons. The number of hydrogen-bond donors (Lipinski definition) is 1. The lowest BCUT2D eigenvalue weighted by molar-refractivity contribution is -0.141. The van der Waals surface area contributed by atoms with Gasteiger partial charge in [-0.1, -0.05) is 6.92 Å².